The van der Waals surface area contributed by atoms with Crippen LogP contribution in [-0.4, -0.2) is 71.5 Å². The Morgan fingerprint density at radius 1 is 1.24 bits per heavy atom. The summed E-state index contributed by atoms with van der Waals surface area (Å²) in [6.07, 6.45) is 8.66. The lowest BCUT2D eigenvalue weighted by molar-refractivity contribution is -0.136. The van der Waals surface area contributed by atoms with Crippen LogP contribution in [-0.2, 0) is 20.7 Å². The van der Waals surface area contributed by atoms with Gasteiger partial charge in [0.25, 0.3) is 0 Å². The number of methoxy groups -OCH3 is 1. The summed E-state index contributed by atoms with van der Waals surface area (Å²) in [6.45, 7) is 2.63. The molecule has 2 aromatic rings. The molecule has 2 aliphatic rings. The van der Waals surface area contributed by atoms with Gasteiger partial charge in [0.2, 0.25) is 11.8 Å². The third-order valence-electron chi connectivity index (χ3n) is 6.21. The molecule has 2 saturated heterocycles. The van der Waals surface area contributed by atoms with E-state index in [1.54, 1.807) is 24.9 Å². The van der Waals surface area contributed by atoms with Crippen LogP contribution in [0.15, 0.2) is 41.4 Å². The highest BCUT2D eigenvalue weighted by molar-refractivity contribution is 5.79. The van der Waals surface area contributed by atoms with E-state index in [2.05, 4.69) is 9.97 Å². The van der Waals surface area contributed by atoms with Gasteiger partial charge in [0.1, 0.15) is 12.9 Å². The van der Waals surface area contributed by atoms with E-state index in [1.807, 2.05) is 21.9 Å². The van der Waals surface area contributed by atoms with Gasteiger partial charge < -0.3 is 19.0 Å². The molecular formula is C21H26N4O4. The molecule has 154 valence electrons. The number of oxazole rings is 1. The third-order valence-corrected chi connectivity index (χ3v) is 6.21. The van der Waals surface area contributed by atoms with Crippen LogP contribution >= 0.6 is 0 Å². The maximum Gasteiger partial charge on any atom is 0.248 e. The molecule has 0 aliphatic carbocycles. The molecule has 2 fully saturated rings. The van der Waals surface area contributed by atoms with Gasteiger partial charge in [-0.1, -0.05) is 6.07 Å². The Morgan fingerprint density at radius 3 is 2.72 bits per heavy atom. The van der Waals surface area contributed by atoms with Crippen molar-refractivity contribution in [3.63, 3.8) is 0 Å². The van der Waals surface area contributed by atoms with Gasteiger partial charge in [-0.05, 0) is 24.5 Å². The summed E-state index contributed by atoms with van der Waals surface area (Å²) < 4.78 is 10.7. The minimum Gasteiger partial charge on any atom is -0.449 e. The fourth-order valence-corrected chi connectivity index (χ4v) is 4.62. The highest BCUT2D eigenvalue weighted by Gasteiger charge is 2.51. The van der Waals surface area contributed by atoms with Crippen molar-refractivity contribution in [1.82, 2.24) is 19.8 Å². The van der Waals surface area contributed by atoms with E-state index in [0.29, 0.717) is 38.5 Å². The van der Waals surface area contributed by atoms with E-state index in [4.69, 9.17) is 9.15 Å². The number of pyridine rings is 1. The molecule has 1 atom stereocenters. The van der Waals surface area contributed by atoms with E-state index in [-0.39, 0.29) is 29.8 Å². The average Bonchev–Trinajstić information content (AvgIpc) is 3.38. The lowest BCUT2D eigenvalue weighted by Crippen LogP contribution is -2.46. The topological polar surface area (TPSA) is 88.8 Å². The predicted molar refractivity (Wildman–Crippen MR) is 104 cm³/mol. The zero-order chi connectivity index (χ0) is 20.3. The first-order chi connectivity index (χ1) is 14.1. The summed E-state index contributed by atoms with van der Waals surface area (Å²) in [7, 11) is 1.53. The molecule has 0 N–H and O–H groups in total. The summed E-state index contributed by atoms with van der Waals surface area (Å²) in [5.74, 6) is 0.809. The molecule has 4 rings (SSSR count). The Hall–Kier alpha value is -2.74. The third kappa shape index (κ3) is 4.03. The fraction of sp³-hybridized carbons (Fsp3) is 0.524. The normalized spacial score (nSPS) is 20.9. The van der Waals surface area contributed by atoms with Crippen LogP contribution in [0.3, 0.4) is 0 Å². The summed E-state index contributed by atoms with van der Waals surface area (Å²) in [5.41, 5.74) is 0.798. The molecule has 29 heavy (non-hydrogen) atoms. The Kier molecular flexibility index (Phi) is 5.62. The number of carbonyl (C=O) groups is 2. The number of piperidine rings is 1. The smallest absolute Gasteiger partial charge is 0.248 e. The molecule has 2 aromatic heterocycles. The van der Waals surface area contributed by atoms with Crippen LogP contribution in [0.25, 0.3) is 0 Å². The Bertz CT molecular complexity index is 832. The van der Waals surface area contributed by atoms with Crippen LogP contribution < -0.4 is 0 Å². The van der Waals surface area contributed by atoms with Gasteiger partial charge in [0, 0.05) is 51.1 Å². The second-order valence-electron chi connectivity index (χ2n) is 7.91. The molecule has 1 spiro atoms. The highest BCUT2D eigenvalue weighted by Crippen LogP contribution is 2.49. The van der Waals surface area contributed by atoms with Crippen LogP contribution in [0, 0.1) is 5.41 Å². The van der Waals surface area contributed by atoms with E-state index in [1.165, 1.54) is 7.11 Å². The molecule has 0 bridgehead atoms. The van der Waals surface area contributed by atoms with Crippen molar-refractivity contribution in [2.75, 3.05) is 39.9 Å². The lowest BCUT2D eigenvalue weighted by Gasteiger charge is -2.41. The number of amides is 2. The van der Waals surface area contributed by atoms with Gasteiger partial charge in [0.05, 0.1) is 18.5 Å². The second kappa shape index (κ2) is 8.32. The summed E-state index contributed by atoms with van der Waals surface area (Å²) >= 11 is 0. The summed E-state index contributed by atoms with van der Waals surface area (Å²) in [4.78, 5) is 37.4. The van der Waals surface area contributed by atoms with Gasteiger partial charge in [-0.15, -0.1) is 0 Å². The Labute approximate surface area is 169 Å². The second-order valence-corrected chi connectivity index (χ2v) is 7.91. The number of carbonyl (C=O) groups excluding carboxylic acids is 2. The van der Waals surface area contributed by atoms with Crippen molar-refractivity contribution in [3.05, 3.63) is 48.4 Å². The fourth-order valence-electron chi connectivity index (χ4n) is 4.62. The van der Waals surface area contributed by atoms with Crippen molar-refractivity contribution in [3.8, 4) is 0 Å². The zero-order valence-electron chi connectivity index (χ0n) is 16.6. The number of nitrogens with zero attached hydrogens (tertiary/aromatic N) is 4. The van der Waals surface area contributed by atoms with Crippen molar-refractivity contribution in [2.24, 2.45) is 5.41 Å². The first kappa shape index (κ1) is 19.6. The molecule has 8 nitrogen and oxygen atoms in total. The number of hydrogen-bond acceptors (Lipinski definition) is 6. The van der Waals surface area contributed by atoms with Crippen molar-refractivity contribution in [2.45, 2.75) is 25.2 Å². The van der Waals surface area contributed by atoms with E-state index in [9.17, 15) is 9.59 Å². The predicted octanol–water partition coefficient (Wildman–Crippen LogP) is 1.49. The monoisotopic (exact) mass is 398 g/mol. The van der Waals surface area contributed by atoms with Crippen molar-refractivity contribution in [1.29, 1.82) is 0 Å². The molecule has 4 heterocycles. The maximum absolute atomic E-state index is 12.7. The number of hydrogen-bond donors (Lipinski definition) is 0. The van der Waals surface area contributed by atoms with Gasteiger partial charge in [-0.3, -0.25) is 14.6 Å². The van der Waals surface area contributed by atoms with E-state index < -0.39 is 0 Å². The van der Waals surface area contributed by atoms with Gasteiger partial charge in [-0.2, -0.15) is 0 Å². The maximum atomic E-state index is 12.7. The Morgan fingerprint density at radius 2 is 2.07 bits per heavy atom. The molecule has 2 aliphatic heterocycles. The van der Waals surface area contributed by atoms with E-state index >= 15 is 0 Å². The molecule has 0 aromatic carbocycles. The SMILES string of the molecule is COCC(=O)N1CC(c2ncco2)C2(CCN(C(=O)Cc3cccnc3)CC2)C1. The largest absolute Gasteiger partial charge is 0.449 e. The standard InChI is InChI=1S/C21H26N4O4/c1-28-14-19(27)25-13-17(20-23-7-10-29-20)21(15-25)4-8-24(9-5-21)18(26)11-16-3-2-6-22-12-16/h2-3,6-7,10,12,17H,4-5,8-9,11,13-15H2,1H3. The molecule has 1 unspecified atom stereocenters. The van der Waals surface area contributed by atoms with Crippen LogP contribution in [0.2, 0.25) is 0 Å². The number of rotatable bonds is 5. The average molecular weight is 398 g/mol. The molecular weight excluding hydrogens is 372 g/mol. The van der Waals surface area contributed by atoms with Gasteiger partial charge in [0.15, 0.2) is 5.89 Å². The molecule has 0 saturated carbocycles. The van der Waals surface area contributed by atoms with Crippen LogP contribution in [0.4, 0.5) is 0 Å². The van der Waals surface area contributed by atoms with Crippen molar-refractivity contribution < 1.29 is 18.7 Å². The molecule has 2 amide bonds. The highest BCUT2D eigenvalue weighted by atomic mass is 16.5. The summed E-state index contributed by atoms with van der Waals surface area (Å²) in [5, 5.41) is 0. The summed E-state index contributed by atoms with van der Waals surface area (Å²) in [6, 6.07) is 3.77. The van der Waals surface area contributed by atoms with Crippen molar-refractivity contribution >= 4 is 11.8 Å². The Balaban J connectivity index is 1.45. The minimum atomic E-state index is -0.126. The van der Waals surface area contributed by atoms with E-state index in [0.717, 1.165) is 18.4 Å². The molecule has 8 heteroatoms. The van der Waals surface area contributed by atoms with Crippen LogP contribution in [0.1, 0.15) is 30.2 Å². The van der Waals surface area contributed by atoms with Crippen LogP contribution in [0.5, 0.6) is 0 Å². The molecule has 0 radical (unpaired) electrons. The van der Waals surface area contributed by atoms with Gasteiger partial charge >= 0.3 is 0 Å². The number of likely N-dealkylation sites (tertiary alicyclic amines) is 2. The minimum absolute atomic E-state index is 0.0176. The lowest BCUT2D eigenvalue weighted by atomic mass is 9.70. The zero-order valence-corrected chi connectivity index (χ0v) is 16.6. The first-order valence-corrected chi connectivity index (χ1v) is 9.94. The quantitative estimate of drug-likeness (QED) is 0.758. The van der Waals surface area contributed by atoms with Gasteiger partial charge in [-0.25, -0.2) is 4.98 Å². The number of ether oxygens (including phenoxy) is 1. The first-order valence-electron chi connectivity index (χ1n) is 9.94. The number of aromatic nitrogens is 2.